The van der Waals surface area contributed by atoms with Crippen molar-refractivity contribution in [3.63, 3.8) is 0 Å². The molecular formula is C19H28N6O. The normalized spacial score (nSPS) is 14.6. The average molecular weight is 356 g/mol. The first-order valence-electron chi connectivity index (χ1n) is 9.17. The summed E-state index contributed by atoms with van der Waals surface area (Å²) in [6.45, 7) is 11.8. The van der Waals surface area contributed by atoms with Gasteiger partial charge in [-0.1, -0.05) is 0 Å². The zero-order valence-electron chi connectivity index (χ0n) is 16.1. The molecule has 0 bridgehead atoms. The molecule has 0 radical (unpaired) electrons. The molecule has 0 saturated carbocycles. The first-order valence-corrected chi connectivity index (χ1v) is 9.17. The lowest BCUT2D eigenvalue weighted by molar-refractivity contribution is 0.194. The Balaban J connectivity index is 1.47. The van der Waals surface area contributed by atoms with Crippen LogP contribution in [0.4, 0.5) is 10.5 Å². The van der Waals surface area contributed by atoms with Crippen LogP contribution < -0.4 is 10.2 Å². The molecule has 7 nitrogen and oxygen atoms in total. The number of piperazine rings is 1. The van der Waals surface area contributed by atoms with E-state index in [0.717, 1.165) is 55.4 Å². The summed E-state index contributed by atoms with van der Waals surface area (Å²) in [4.78, 5) is 21.1. The highest BCUT2D eigenvalue weighted by Crippen LogP contribution is 2.18. The van der Waals surface area contributed by atoms with Crippen LogP contribution in [0.1, 0.15) is 28.3 Å². The van der Waals surface area contributed by atoms with Crippen molar-refractivity contribution in [2.24, 2.45) is 0 Å². The van der Waals surface area contributed by atoms with Crippen LogP contribution >= 0.6 is 0 Å². The highest BCUT2D eigenvalue weighted by atomic mass is 16.2. The third-order valence-corrected chi connectivity index (χ3v) is 4.93. The second-order valence-electron chi connectivity index (χ2n) is 6.98. The molecule has 0 atom stereocenters. The van der Waals surface area contributed by atoms with Crippen LogP contribution in [-0.4, -0.2) is 58.8 Å². The Hall–Kier alpha value is -2.57. The van der Waals surface area contributed by atoms with Gasteiger partial charge in [0, 0.05) is 55.5 Å². The number of urea groups is 1. The Morgan fingerprint density at radius 3 is 2.35 bits per heavy atom. The molecule has 0 spiro atoms. The fraction of sp³-hybridized carbons (Fsp3) is 0.526. The van der Waals surface area contributed by atoms with Crippen LogP contribution in [0.15, 0.2) is 12.1 Å². The maximum Gasteiger partial charge on any atom is 0.317 e. The molecule has 3 rings (SSSR count). The van der Waals surface area contributed by atoms with E-state index in [2.05, 4.69) is 37.5 Å². The quantitative estimate of drug-likeness (QED) is 0.880. The van der Waals surface area contributed by atoms with Gasteiger partial charge in [0.25, 0.3) is 0 Å². The van der Waals surface area contributed by atoms with Gasteiger partial charge < -0.3 is 15.1 Å². The van der Waals surface area contributed by atoms with E-state index in [9.17, 15) is 4.79 Å². The van der Waals surface area contributed by atoms with Gasteiger partial charge in [0.2, 0.25) is 0 Å². The number of hydrogen-bond acceptors (Lipinski definition) is 4. The first-order chi connectivity index (χ1) is 12.4. The highest BCUT2D eigenvalue weighted by Gasteiger charge is 2.21. The van der Waals surface area contributed by atoms with Gasteiger partial charge >= 0.3 is 6.03 Å². The number of pyridine rings is 1. The molecule has 2 amide bonds. The van der Waals surface area contributed by atoms with Crippen molar-refractivity contribution in [3.8, 4) is 0 Å². The molecule has 140 valence electrons. The van der Waals surface area contributed by atoms with Gasteiger partial charge in [-0.05, 0) is 51.8 Å². The van der Waals surface area contributed by atoms with Crippen molar-refractivity contribution in [1.82, 2.24) is 25.4 Å². The molecule has 2 aromatic rings. The van der Waals surface area contributed by atoms with E-state index in [1.165, 1.54) is 11.3 Å². The Kier molecular flexibility index (Phi) is 5.44. The van der Waals surface area contributed by atoms with Crippen molar-refractivity contribution in [1.29, 1.82) is 0 Å². The minimum absolute atomic E-state index is 0.0190. The monoisotopic (exact) mass is 356 g/mol. The fourth-order valence-corrected chi connectivity index (χ4v) is 3.51. The van der Waals surface area contributed by atoms with Crippen LogP contribution in [-0.2, 0) is 6.42 Å². The lowest BCUT2D eigenvalue weighted by atomic mass is 10.1. The molecular weight excluding hydrogens is 328 g/mol. The fourth-order valence-electron chi connectivity index (χ4n) is 3.51. The molecule has 0 unspecified atom stereocenters. The van der Waals surface area contributed by atoms with Crippen molar-refractivity contribution in [2.75, 3.05) is 37.6 Å². The molecule has 1 aliphatic heterocycles. The molecule has 0 aliphatic carbocycles. The first kappa shape index (κ1) is 18.2. The highest BCUT2D eigenvalue weighted by molar-refractivity contribution is 5.74. The van der Waals surface area contributed by atoms with E-state index in [1.54, 1.807) is 0 Å². The SMILES string of the molecule is Cc1cc(N2CCN(C(=O)NCCc3c(C)n[nH]c3C)CC2)cc(C)n1. The van der Waals surface area contributed by atoms with Gasteiger partial charge in [-0.15, -0.1) is 0 Å². The topological polar surface area (TPSA) is 77.1 Å². The van der Waals surface area contributed by atoms with E-state index in [-0.39, 0.29) is 6.03 Å². The molecule has 26 heavy (non-hydrogen) atoms. The number of nitrogens with one attached hydrogen (secondary N) is 2. The molecule has 2 N–H and O–H groups in total. The number of carbonyl (C=O) groups is 1. The number of hydrogen-bond donors (Lipinski definition) is 2. The number of carbonyl (C=O) groups excluding carboxylic acids is 1. The molecule has 1 aliphatic rings. The van der Waals surface area contributed by atoms with Crippen LogP contribution in [0.3, 0.4) is 0 Å². The average Bonchev–Trinajstić information content (AvgIpc) is 2.93. The predicted molar refractivity (Wildman–Crippen MR) is 103 cm³/mol. The van der Waals surface area contributed by atoms with E-state index in [0.29, 0.717) is 6.54 Å². The third kappa shape index (κ3) is 4.15. The second kappa shape index (κ2) is 7.76. The summed E-state index contributed by atoms with van der Waals surface area (Å²) >= 11 is 0. The van der Waals surface area contributed by atoms with E-state index < -0.39 is 0 Å². The molecule has 2 aromatic heterocycles. The van der Waals surface area contributed by atoms with Gasteiger partial charge in [0.1, 0.15) is 0 Å². The summed E-state index contributed by atoms with van der Waals surface area (Å²) in [6, 6.07) is 4.24. The van der Waals surface area contributed by atoms with Gasteiger partial charge in [0.15, 0.2) is 0 Å². The number of aromatic nitrogens is 3. The summed E-state index contributed by atoms with van der Waals surface area (Å²) in [5.41, 5.74) is 6.54. The summed E-state index contributed by atoms with van der Waals surface area (Å²) in [6.07, 6.45) is 0.801. The van der Waals surface area contributed by atoms with Crippen LogP contribution in [0.2, 0.25) is 0 Å². The number of anilines is 1. The molecule has 1 fully saturated rings. The number of rotatable bonds is 4. The third-order valence-electron chi connectivity index (χ3n) is 4.93. The van der Waals surface area contributed by atoms with Gasteiger partial charge in [-0.25, -0.2) is 4.79 Å². The smallest absolute Gasteiger partial charge is 0.317 e. The Bertz CT molecular complexity index is 737. The van der Waals surface area contributed by atoms with E-state index >= 15 is 0 Å². The summed E-state index contributed by atoms with van der Waals surface area (Å²) in [5, 5.41) is 10.2. The Labute approximate surface area is 154 Å². The maximum absolute atomic E-state index is 12.4. The van der Waals surface area contributed by atoms with Gasteiger partial charge in [-0.3, -0.25) is 10.1 Å². The van der Waals surface area contributed by atoms with E-state index in [1.807, 2.05) is 32.6 Å². The maximum atomic E-state index is 12.4. The summed E-state index contributed by atoms with van der Waals surface area (Å²) in [5.74, 6) is 0. The minimum Gasteiger partial charge on any atom is -0.368 e. The Morgan fingerprint density at radius 1 is 1.12 bits per heavy atom. The molecule has 1 saturated heterocycles. The lowest BCUT2D eigenvalue weighted by Crippen LogP contribution is -2.52. The van der Waals surface area contributed by atoms with E-state index in [4.69, 9.17) is 0 Å². The molecule has 3 heterocycles. The number of aryl methyl sites for hydroxylation is 4. The largest absolute Gasteiger partial charge is 0.368 e. The van der Waals surface area contributed by atoms with Crippen LogP contribution in [0.5, 0.6) is 0 Å². The van der Waals surface area contributed by atoms with Crippen molar-refractivity contribution in [2.45, 2.75) is 34.1 Å². The second-order valence-corrected chi connectivity index (χ2v) is 6.98. The van der Waals surface area contributed by atoms with Crippen molar-refractivity contribution in [3.05, 3.63) is 40.5 Å². The zero-order chi connectivity index (χ0) is 18.7. The van der Waals surface area contributed by atoms with Crippen LogP contribution in [0.25, 0.3) is 0 Å². The molecule has 0 aromatic carbocycles. The zero-order valence-corrected chi connectivity index (χ0v) is 16.1. The standard InChI is InChI=1S/C19H28N6O/c1-13-11-17(12-14(2)21-13)24-7-9-25(10-8-24)19(26)20-6-5-18-15(3)22-23-16(18)4/h11-12H,5-10H2,1-4H3,(H,20,26)(H,22,23). The van der Waals surface area contributed by atoms with Crippen molar-refractivity contribution >= 4 is 11.7 Å². The minimum atomic E-state index is 0.0190. The number of amides is 2. The number of H-pyrrole nitrogens is 1. The predicted octanol–water partition coefficient (Wildman–Crippen LogP) is 2.11. The lowest BCUT2D eigenvalue weighted by Gasteiger charge is -2.36. The van der Waals surface area contributed by atoms with Gasteiger partial charge in [-0.2, -0.15) is 5.10 Å². The van der Waals surface area contributed by atoms with Crippen molar-refractivity contribution < 1.29 is 4.79 Å². The van der Waals surface area contributed by atoms with Crippen LogP contribution in [0, 0.1) is 27.7 Å². The molecule has 7 heteroatoms. The number of aromatic amines is 1. The summed E-state index contributed by atoms with van der Waals surface area (Å²) in [7, 11) is 0. The summed E-state index contributed by atoms with van der Waals surface area (Å²) < 4.78 is 0. The number of nitrogens with zero attached hydrogens (tertiary/aromatic N) is 4. The Morgan fingerprint density at radius 2 is 1.77 bits per heavy atom. The van der Waals surface area contributed by atoms with Gasteiger partial charge in [0.05, 0.1) is 5.69 Å².